The fraction of sp³-hybridized carbons (Fsp3) is 0.435. The molecule has 0 saturated carbocycles. The molecule has 1 N–H and O–H groups in total. The van der Waals surface area contributed by atoms with Crippen molar-refractivity contribution in [1.82, 2.24) is 0 Å². The van der Waals surface area contributed by atoms with Gasteiger partial charge in [0.1, 0.15) is 0 Å². The van der Waals surface area contributed by atoms with E-state index in [9.17, 15) is 4.79 Å². The number of anilines is 2. The van der Waals surface area contributed by atoms with Gasteiger partial charge in [-0.2, -0.15) is 0 Å². The zero-order valence-electron chi connectivity index (χ0n) is 16.4. The maximum Gasteiger partial charge on any atom is 0.255 e. The zero-order chi connectivity index (χ0) is 18.7. The van der Waals surface area contributed by atoms with Crippen molar-refractivity contribution >= 4 is 17.3 Å². The summed E-state index contributed by atoms with van der Waals surface area (Å²) in [4.78, 5) is 15.0. The number of piperidine rings is 1. The van der Waals surface area contributed by atoms with Crippen LogP contribution in [0.25, 0.3) is 0 Å². The second kappa shape index (κ2) is 7.53. The Hall–Kier alpha value is -2.29. The molecule has 0 radical (unpaired) electrons. The Labute approximate surface area is 157 Å². The van der Waals surface area contributed by atoms with E-state index in [-0.39, 0.29) is 11.3 Å². The molecule has 1 atom stereocenters. The van der Waals surface area contributed by atoms with Gasteiger partial charge in [0.15, 0.2) is 0 Å². The van der Waals surface area contributed by atoms with Crippen LogP contribution in [0.15, 0.2) is 48.5 Å². The van der Waals surface area contributed by atoms with Crippen LogP contribution in [0.1, 0.15) is 62.9 Å². The minimum absolute atomic E-state index is 0.0652. The van der Waals surface area contributed by atoms with E-state index in [0.717, 1.165) is 12.2 Å². The normalized spacial score (nSPS) is 17.8. The fourth-order valence-electron chi connectivity index (χ4n) is 3.54. The van der Waals surface area contributed by atoms with E-state index in [2.05, 4.69) is 50.0 Å². The Morgan fingerprint density at radius 1 is 1.00 bits per heavy atom. The van der Waals surface area contributed by atoms with E-state index in [0.29, 0.717) is 11.6 Å². The van der Waals surface area contributed by atoms with E-state index in [1.165, 1.54) is 30.5 Å². The summed E-state index contributed by atoms with van der Waals surface area (Å²) in [5, 5.41) is 3.00. The van der Waals surface area contributed by atoms with Crippen LogP contribution in [0.3, 0.4) is 0 Å². The van der Waals surface area contributed by atoms with Crippen molar-refractivity contribution in [2.45, 2.75) is 58.4 Å². The SMILES string of the molecule is CC1CCCCN1c1ccc(NC(=O)c2ccc(C(C)(C)C)cc2)cc1. The summed E-state index contributed by atoms with van der Waals surface area (Å²) in [6, 6.07) is 16.7. The third-order valence-corrected chi connectivity index (χ3v) is 5.27. The summed E-state index contributed by atoms with van der Waals surface area (Å²) in [5.74, 6) is -0.0652. The fourth-order valence-corrected chi connectivity index (χ4v) is 3.54. The van der Waals surface area contributed by atoms with Gasteiger partial charge in [0.05, 0.1) is 0 Å². The molecule has 1 unspecified atom stereocenters. The molecular weight excluding hydrogens is 320 g/mol. The Morgan fingerprint density at radius 3 is 2.23 bits per heavy atom. The summed E-state index contributed by atoms with van der Waals surface area (Å²) >= 11 is 0. The molecule has 0 aliphatic carbocycles. The van der Waals surface area contributed by atoms with Gasteiger partial charge in [-0.1, -0.05) is 32.9 Å². The number of nitrogens with one attached hydrogen (secondary N) is 1. The summed E-state index contributed by atoms with van der Waals surface area (Å²) in [5.41, 5.74) is 4.09. The third kappa shape index (κ3) is 4.27. The molecule has 2 aromatic rings. The van der Waals surface area contributed by atoms with Crippen LogP contribution >= 0.6 is 0 Å². The maximum absolute atomic E-state index is 12.5. The predicted molar refractivity (Wildman–Crippen MR) is 110 cm³/mol. The van der Waals surface area contributed by atoms with Gasteiger partial charge in [-0.25, -0.2) is 0 Å². The summed E-state index contributed by atoms with van der Waals surface area (Å²) < 4.78 is 0. The minimum Gasteiger partial charge on any atom is -0.369 e. The van der Waals surface area contributed by atoms with E-state index in [1.807, 2.05) is 36.4 Å². The van der Waals surface area contributed by atoms with Crippen molar-refractivity contribution < 1.29 is 4.79 Å². The molecular formula is C23H30N2O. The Balaban J connectivity index is 1.66. The number of nitrogens with zero attached hydrogens (tertiary/aromatic N) is 1. The Morgan fingerprint density at radius 2 is 1.65 bits per heavy atom. The molecule has 1 aliphatic heterocycles. The number of carbonyl (C=O) groups is 1. The first-order valence-electron chi connectivity index (χ1n) is 9.63. The van der Waals surface area contributed by atoms with Crippen LogP contribution in [0, 0.1) is 0 Å². The molecule has 0 spiro atoms. The second-order valence-electron chi connectivity index (χ2n) is 8.37. The lowest BCUT2D eigenvalue weighted by atomic mass is 9.87. The number of hydrogen-bond donors (Lipinski definition) is 1. The van der Waals surface area contributed by atoms with Gasteiger partial charge in [0.2, 0.25) is 0 Å². The van der Waals surface area contributed by atoms with Gasteiger partial charge >= 0.3 is 0 Å². The molecule has 1 aliphatic rings. The first kappa shape index (κ1) is 18.5. The number of rotatable bonds is 3. The molecule has 1 heterocycles. The van der Waals surface area contributed by atoms with Gasteiger partial charge in [0, 0.05) is 29.5 Å². The van der Waals surface area contributed by atoms with Gasteiger partial charge in [-0.05, 0) is 73.6 Å². The van der Waals surface area contributed by atoms with E-state index in [1.54, 1.807) is 0 Å². The summed E-state index contributed by atoms with van der Waals surface area (Å²) in [6.07, 6.45) is 3.83. The quantitative estimate of drug-likeness (QED) is 0.780. The highest BCUT2D eigenvalue weighted by molar-refractivity contribution is 6.04. The highest BCUT2D eigenvalue weighted by Crippen LogP contribution is 2.26. The van der Waals surface area contributed by atoms with Gasteiger partial charge in [-0.3, -0.25) is 4.79 Å². The lowest BCUT2D eigenvalue weighted by Crippen LogP contribution is -2.37. The van der Waals surface area contributed by atoms with Crippen molar-refractivity contribution in [2.75, 3.05) is 16.8 Å². The molecule has 0 bridgehead atoms. The molecule has 1 saturated heterocycles. The smallest absolute Gasteiger partial charge is 0.255 e. The monoisotopic (exact) mass is 350 g/mol. The number of benzene rings is 2. The van der Waals surface area contributed by atoms with Crippen molar-refractivity contribution in [3.63, 3.8) is 0 Å². The topological polar surface area (TPSA) is 32.3 Å². The summed E-state index contributed by atoms with van der Waals surface area (Å²) in [7, 11) is 0. The Kier molecular flexibility index (Phi) is 5.36. The zero-order valence-corrected chi connectivity index (χ0v) is 16.4. The summed E-state index contributed by atoms with van der Waals surface area (Å²) in [6.45, 7) is 9.93. The van der Waals surface area contributed by atoms with Crippen molar-refractivity contribution in [3.8, 4) is 0 Å². The third-order valence-electron chi connectivity index (χ3n) is 5.27. The Bertz CT molecular complexity index is 741. The molecule has 138 valence electrons. The molecule has 1 amide bonds. The van der Waals surface area contributed by atoms with Crippen LogP contribution in [-0.4, -0.2) is 18.5 Å². The van der Waals surface area contributed by atoms with Crippen molar-refractivity contribution in [3.05, 3.63) is 59.7 Å². The van der Waals surface area contributed by atoms with Gasteiger partial charge in [0.25, 0.3) is 5.91 Å². The maximum atomic E-state index is 12.5. The molecule has 1 fully saturated rings. The van der Waals surface area contributed by atoms with Crippen LogP contribution in [0.2, 0.25) is 0 Å². The lowest BCUT2D eigenvalue weighted by molar-refractivity contribution is 0.102. The van der Waals surface area contributed by atoms with E-state index >= 15 is 0 Å². The van der Waals surface area contributed by atoms with Crippen LogP contribution in [0.4, 0.5) is 11.4 Å². The standard InChI is InChI=1S/C23H30N2O/c1-17-7-5-6-16-25(17)21-14-12-20(13-15-21)24-22(26)18-8-10-19(11-9-18)23(2,3)4/h8-15,17H,5-7,16H2,1-4H3,(H,24,26). The molecule has 0 aromatic heterocycles. The molecule has 3 nitrogen and oxygen atoms in total. The number of hydrogen-bond acceptors (Lipinski definition) is 2. The van der Waals surface area contributed by atoms with Crippen LogP contribution in [0.5, 0.6) is 0 Å². The lowest BCUT2D eigenvalue weighted by Gasteiger charge is -2.35. The minimum atomic E-state index is -0.0652. The van der Waals surface area contributed by atoms with Crippen molar-refractivity contribution in [2.24, 2.45) is 0 Å². The van der Waals surface area contributed by atoms with Gasteiger partial charge in [-0.15, -0.1) is 0 Å². The highest BCUT2D eigenvalue weighted by atomic mass is 16.1. The largest absolute Gasteiger partial charge is 0.369 e. The first-order valence-corrected chi connectivity index (χ1v) is 9.63. The molecule has 2 aromatic carbocycles. The number of carbonyl (C=O) groups excluding carboxylic acids is 1. The molecule has 3 heteroatoms. The van der Waals surface area contributed by atoms with Crippen LogP contribution < -0.4 is 10.2 Å². The second-order valence-corrected chi connectivity index (χ2v) is 8.37. The first-order chi connectivity index (χ1) is 12.3. The van der Waals surface area contributed by atoms with Gasteiger partial charge < -0.3 is 10.2 Å². The highest BCUT2D eigenvalue weighted by Gasteiger charge is 2.18. The van der Waals surface area contributed by atoms with Crippen LogP contribution in [-0.2, 0) is 5.41 Å². The molecule has 3 rings (SSSR count). The number of amides is 1. The average molecular weight is 351 g/mol. The molecule has 26 heavy (non-hydrogen) atoms. The average Bonchev–Trinajstić information content (AvgIpc) is 2.62. The predicted octanol–water partition coefficient (Wildman–Crippen LogP) is 5.62. The van der Waals surface area contributed by atoms with E-state index in [4.69, 9.17) is 0 Å². The van der Waals surface area contributed by atoms with E-state index < -0.39 is 0 Å². The van der Waals surface area contributed by atoms with Crippen molar-refractivity contribution in [1.29, 1.82) is 0 Å².